The van der Waals surface area contributed by atoms with Crippen molar-refractivity contribution in [1.82, 2.24) is 10.2 Å². The van der Waals surface area contributed by atoms with Gasteiger partial charge in [-0.25, -0.2) is 0 Å². The molecule has 0 atom stereocenters. The predicted octanol–water partition coefficient (Wildman–Crippen LogP) is 1.70. The molecule has 6 heteroatoms. The monoisotopic (exact) mass is 322 g/mol. The number of hydrogen-bond acceptors (Lipinski definition) is 4. The summed E-state index contributed by atoms with van der Waals surface area (Å²) in [6, 6.07) is 0. The fourth-order valence-corrected chi connectivity index (χ4v) is 2.80. The molecule has 5 nitrogen and oxygen atoms in total. The lowest BCUT2D eigenvalue weighted by molar-refractivity contribution is -0.148. The summed E-state index contributed by atoms with van der Waals surface area (Å²) < 4.78 is 10.5. The van der Waals surface area contributed by atoms with Gasteiger partial charge >= 0.3 is 0 Å². The van der Waals surface area contributed by atoms with E-state index in [2.05, 4.69) is 12.2 Å². The molecule has 0 aromatic rings. The van der Waals surface area contributed by atoms with Gasteiger partial charge in [0, 0.05) is 27.3 Å². The molecule has 0 bridgehead atoms. The zero-order chi connectivity index (χ0) is 14.8. The summed E-state index contributed by atoms with van der Waals surface area (Å²) in [5.41, 5.74) is -0.346. The van der Waals surface area contributed by atoms with Crippen molar-refractivity contribution in [1.29, 1.82) is 0 Å². The molecule has 1 saturated heterocycles. The Balaban J connectivity index is 0.00000400. The van der Waals surface area contributed by atoms with Gasteiger partial charge in [-0.3, -0.25) is 4.79 Å². The minimum Gasteiger partial charge on any atom is -0.384 e. The van der Waals surface area contributed by atoms with Crippen LogP contribution in [0.3, 0.4) is 0 Å². The second-order valence-electron chi connectivity index (χ2n) is 5.60. The zero-order valence-electron chi connectivity index (χ0n) is 13.7. The number of carbonyl (C=O) groups is 1. The molecule has 0 spiro atoms. The average molecular weight is 323 g/mol. The number of ether oxygens (including phenoxy) is 2. The third-order valence-electron chi connectivity index (χ3n) is 4.07. The average Bonchev–Trinajstić information content (AvgIpc) is 2.48. The van der Waals surface area contributed by atoms with Crippen molar-refractivity contribution in [3.05, 3.63) is 0 Å². The Morgan fingerprint density at radius 2 is 1.86 bits per heavy atom. The normalized spacial score (nSPS) is 17.1. The Bertz CT molecular complexity index is 271. The molecule has 0 aromatic carbocycles. The van der Waals surface area contributed by atoms with Crippen LogP contribution in [0.25, 0.3) is 0 Å². The molecule has 1 aliphatic rings. The van der Waals surface area contributed by atoms with E-state index in [1.54, 1.807) is 14.2 Å². The van der Waals surface area contributed by atoms with Gasteiger partial charge in [0.2, 0.25) is 5.91 Å². The lowest BCUT2D eigenvalue weighted by atomic mass is 9.78. The van der Waals surface area contributed by atoms with Crippen molar-refractivity contribution < 1.29 is 14.3 Å². The first-order chi connectivity index (χ1) is 9.70. The van der Waals surface area contributed by atoms with Crippen molar-refractivity contribution in [2.75, 3.05) is 53.6 Å². The maximum absolute atomic E-state index is 13.0. The Morgan fingerprint density at radius 3 is 2.38 bits per heavy atom. The van der Waals surface area contributed by atoms with Gasteiger partial charge in [-0.2, -0.15) is 0 Å². The molecule has 1 amide bonds. The van der Waals surface area contributed by atoms with Crippen LogP contribution in [0.4, 0.5) is 0 Å². The van der Waals surface area contributed by atoms with Gasteiger partial charge in [0.25, 0.3) is 0 Å². The van der Waals surface area contributed by atoms with E-state index in [9.17, 15) is 4.79 Å². The van der Waals surface area contributed by atoms with E-state index in [0.29, 0.717) is 19.8 Å². The highest BCUT2D eigenvalue weighted by molar-refractivity contribution is 5.85. The first-order valence-electron chi connectivity index (χ1n) is 7.68. The van der Waals surface area contributed by atoms with Crippen LogP contribution in [-0.4, -0.2) is 64.4 Å². The minimum atomic E-state index is -0.346. The second-order valence-corrected chi connectivity index (χ2v) is 5.60. The highest BCUT2D eigenvalue weighted by Gasteiger charge is 2.41. The van der Waals surface area contributed by atoms with Gasteiger partial charge in [0.1, 0.15) is 0 Å². The number of rotatable bonds is 9. The maximum atomic E-state index is 13.0. The Kier molecular flexibility index (Phi) is 11.0. The van der Waals surface area contributed by atoms with E-state index in [0.717, 1.165) is 45.3 Å². The molecule has 1 N–H and O–H groups in total. The number of amides is 1. The van der Waals surface area contributed by atoms with E-state index >= 15 is 0 Å². The van der Waals surface area contributed by atoms with E-state index in [-0.39, 0.29) is 23.7 Å². The number of piperidine rings is 1. The fraction of sp³-hybridized carbons (Fsp3) is 0.933. The number of nitrogens with one attached hydrogen (secondary N) is 1. The smallest absolute Gasteiger partial charge is 0.231 e. The molecule has 126 valence electrons. The van der Waals surface area contributed by atoms with Crippen molar-refractivity contribution in [2.24, 2.45) is 5.41 Å². The molecule has 1 heterocycles. The fourth-order valence-electron chi connectivity index (χ4n) is 2.80. The highest BCUT2D eigenvalue weighted by atomic mass is 35.5. The topological polar surface area (TPSA) is 50.8 Å². The summed E-state index contributed by atoms with van der Waals surface area (Å²) >= 11 is 0. The largest absolute Gasteiger partial charge is 0.384 e. The van der Waals surface area contributed by atoms with Crippen molar-refractivity contribution >= 4 is 18.3 Å². The summed E-state index contributed by atoms with van der Waals surface area (Å²) in [7, 11) is 3.36. The van der Waals surface area contributed by atoms with Gasteiger partial charge in [-0.05, 0) is 32.4 Å². The molecule has 0 radical (unpaired) electrons. The predicted molar refractivity (Wildman–Crippen MR) is 87.0 cm³/mol. The van der Waals surface area contributed by atoms with E-state index in [1.807, 2.05) is 4.90 Å². The van der Waals surface area contributed by atoms with Crippen LogP contribution in [0.2, 0.25) is 0 Å². The van der Waals surface area contributed by atoms with E-state index in [4.69, 9.17) is 9.47 Å². The van der Waals surface area contributed by atoms with Gasteiger partial charge < -0.3 is 19.7 Å². The zero-order valence-corrected chi connectivity index (χ0v) is 14.5. The number of hydrogen-bond donors (Lipinski definition) is 1. The maximum Gasteiger partial charge on any atom is 0.231 e. The molecule has 21 heavy (non-hydrogen) atoms. The van der Waals surface area contributed by atoms with Gasteiger partial charge in [0.05, 0.1) is 18.6 Å². The van der Waals surface area contributed by atoms with Crippen LogP contribution in [0.15, 0.2) is 0 Å². The Hall–Kier alpha value is -0.360. The third kappa shape index (κ3) is 6.10. The van der Waals surface area contributed by atoms with Crippen LogP contribution >= 0.6 is 12.4 Å². The lowest BCUT2D eigenvalue weighted by Crippen LogP contribution is -2.52. The standard InChI is InChI=1S/C15H30N2O3.ClH/c1-4-5-10-17(11-12-19-2)14(18)15(13-20-3)6-8-16-9-7-15;/h16H,4-13H2,1-3H3;1H. The van der Waals surface area contributed by atoms with Crippen LogP contribution in [0, 0.1) is 5.41 Å². The Morgan fingerprint density at radius 1 is 1.19 bits per heavy atom. The summed E-state index contributed by atoms with van der Waals surface area (Å²) in [5, 5.41) is 3.33. The van der Waals surface area contributed by atoms with Gasteiger partial charge in [-0.15, -0.1) is 12.4 Å². The van der Waals surface area contributed by atoms with Crippen molar-refractivity contribution in [3.8, 4) is 0 Å². The molecule has 1 aliphatic heterocycles. The molecular formula is C15H31ClN2O3. The summed E-state index contributed by atoms with van der Waals surface area (Å²) in [4.78, 5) is 15.0. The number of carbonyl (C=O) groups excluding carboxylic acids is 1. The SMILES string of the molecule is CCCCN(CCOC)C(=O)C1(COC)CCNCC1.Cl. The molecule has 0 aliphatic carbocycles. The number of methoxy groups -OCH3 is 2. The molecular weight excluding hydrogens is 292 g/mol. The van der Waals surface area contributed by atoms with Crippen molar-refractivity contribution in [2.45, 2.75) is 32.6 Å². The molecule has 0 unspecified atom stereocenters. The number of nitrogens with zero attached hydrogens (tertiary/aromatic N) is 1. The summed E-state index contributed by atoms with van der Waals surface area (Å²) in [5.74, 6) is 0.242. The first-order valence-corrected chi connectivity index (χ1v) is 7.68. The Labute approximate surface area is 135 Å². The summed E-state index contributed by atoms with van der Waals surface area (Å²) in [6.45, 7) is 6.53. The molecule has 1 rings (SSSR count). The molecule has 0 saturated carbocycles. The molecule has 0 aromatic heterocycles. The number of unbranched alkanes of at least 4 members (excludes halogenated alkanes) is 1. The molecule has 1 fully saturated rings. The minimum absolute atomic E-state index is 0. The number of halogens is 1. The highest BCUT2D eigenvalue weighted by Crippen LogP contribution is 2.31. The van der Waals surface area contributed by atoms with Crippen LogP contribution in [-0.2, 0) is 14.3 Å². The van der Waals surface area contributed by atoms with Crippen LogP contribution in [0.1, 0.15) is 32.6 Å². The van der Waals surface area contributed by atoms with E-state index in [1.165, 1.54) is 0 Å². The third-order valence-corrected chi connectivity index (χ3v) is 4.07. The summed E-state index contributed by atoms with van der Waals surface area (Å²) in [6.07, 6.45) is 3.84. The van der Waals surface area contributed by atoms with Gasteiger partial charge in [0.15, 0.2) is 0 Å². The quantitative estimate of drug-likeness (QED) is 0.702. The van der Waals surface area contributed by atoms with Gasteiger partial charge in [-0.1, -0.05) is 13.3 Å². The lowest BCUT2D eigenvalue weighted by Gasteiger charge is -2.39. The van der Waals surface area contributed by atoms with Crippen LogP contribution < -0.4 is 5.32 Å². The second kappa shape index (κ2) is 11.2. The first kappa shape index (κ1) is 20.6. The van der Waals surface area contributed by atoms with Crippen molar-refractivity contribution in [3.63, 3.8) is 0 Å². The van der Waals surface area contributed by atoms with E-state index < -0.39 is 0 Å². The van der Waals surface area contributed by atoms with Crippen LogP contribution in [0.5, 0.6) is 0 Å².